The molecule has 84 valence electrons. The highest BCUT2D eigenvalue weighted by molar-refractivity contribution is 5.08. The van der Waals surface area contributed by atoms with Gasteiger partial charge < -0.3 is 20.6 Å². The predicted octanol–water partition coefficient (Wildman–Crippen LogP) is -0.508. The van der Waals surface area contributed by atoms with Crippen molar-refractivity contribution in [1.29, 1.82) is 0 Å². The van der Waals surface area contributed by atoms with Crippen LogP contribution in [-0.2, 0) is 0 Å². The van der Waals surface area contributed by atoms with E-state index in [-0.39, 0.29) is 5.06 Å². The molecule has 0 spiro atoms. The van der Waals surface area contributed by atoms with Gasteiger partial charge in [-0.25, -0.2) is 0 Å². The molecule has 1 aromatic rings. The fourth-order valence-corrected chi connectivity index (χ4v) is 1.17. The van der Waals surface area contributed by atoms with E-state index in [4.69, 9.17) is 0 Å². The van der Waals surface area contributed by atoms with Gasteiger partial charge in [0.15, 0.2) is 12.4 Å². The van der Waals surface area contributed by atoms with Crippen molar-refractivity contribution in [2.45, 2.75) is 32.5 Å². The van der Waals surface area contributed by atoms with Crippen molar-refractivity contribution in [3.63, 3.8) is 0 Å². The molecule has 2 atom stereocenters. The minimum atomic E-state index is -1.16. The summed E-state index contributed by atoms with van der Waals surface area (Å²) in [6.45, 7) is 5.24. The predicted molar refractivity (Wildman–Crippen MR) is 54.4 cm³/mol. The van der Waals surface area contributed by atoms with Gasteiger partial charge in [0.1, 0.15) is 0 Å². The number of aliphatic hydroxyl groups is 1. The summed E-state index contributed by atoms with van der Waals surface area (Å²) in [6, 6.07) is 2.89. The molecule has 1 aromatic heterocycles. The van der Waals surface area contributed by atoms with Gasteiger partial charge in [0.2, 0.25) is 6.23 Å². The fraction of sp³-hybridized carbons (Fsp3) is 0.500. The van der Waals surface area contributed by atoms with Crippen LogP contribution in [0.25, 0.3) is 0 Å². The largest absolute Gasteiger partial charge is 0.632 e. The Kier molecular flexibility index (Phi) is 3.28. The zero-order chi connectivity index (χ0) is 11.6. The number of hydroxylamine groups is 2. The summed E-state index contributed by atoms with van der Waals surface area (Å²) < 4.78 is 0.609. The summed E-state index contributed by atoms with van der Waals surface area (Å²) in [5.41, 5.74) is -0.148. The monoisotopic (exact) mass is 212 g/mol. The zero-order valence-electron chi connectivity index (χ0n) is 9.10. The first-order valence-corrected chi connectivity index (χ1v) is 4.73. The quantitative estimate of drug-likeness (QED) is 0.300. The van der Waals surface area contributed by atoms with Gasteiger partial charge in [0.25, 0.3) is 0 Å². The van der Waals surface area contributed by atoms with Crippen LogP contribution in [0.4, 0.5) is 0 Å². The van der Waals surface area contributed by atoms with E-state index in [1.165, 1.54) is 24.5 Å². The van der Waals surface area contributed by atoms with Gasteiger partial charge in [0.05, 0.1) is 11.1 Å². The second-order valence-electron chi connectivity index (χ2n) is 4.51. The van der Waals surface area contributed by atoms with Crippen LogP contribution in [0.2, 0.25) is 0 Å². The van der Waals surface area contributed by atoms with Crippen molar-refractivity contribution in [2.24, 2.45) is 0 Å². The Hall–Kier alpha value is -1.17. The lowest BCUT2D eigenvalue weighted by molar-refractivity contribution is -0.952. The number of nitrogens with zero attached hydrogens (tertiary/aromatic N) is 1. The molecule has 0 aromatic carbocycles. The molecule has 0 aliphatic heterocycles. The van der Waals surface area contributed by atoms with E-state index in [2.05, 4.69) is 0 Å². The van der Waals surface area contributed by atoms with Crippen molar-refractivity contribution >= 4 is 0 Å². The highest BCUT2D eigenvalue weighted by Crippen LogP contribution is 2.06. The number of quaternary nitrogens is 1. The maximum absolute atomic E-state index is 11.7. The molecule has 0 amide bonds. The maximum Gasteiger partial charge on any atom is 0.216 e. The molecule has 15 heavy (non-hydrogen) atoms. The molecule has 0 aliphatic rings. The summed E-state index contributed by atoms with van der Waals surface area (Å²) in [6.07, 6.45) is 1.36. The Bertz CT molecular complexity index is 318. The van der Waals surface area contributed by atoms with Crippen molar-refractivity contribution in [3.05, 3.63) is 40.5 Å². The van der Waals surface area contributed by atoms with E-state index in [0.717, 1.165) is 0 Å². The Labute approximate surface area is 88.7 Å². The lowest BCUT2D eigenvalue weighted by atomic mass is 10.1. The molecule has 0 saturated heterocycles. The van der Waals surface area contributed by atoms with Crippen molar-refractivity contribution in [1.82, 2.24) is 0 Å². The van der Waals surface area contributed by atoms with Crippen LogP contribution in [0.5, 0.6) is 0 Å². The Morgan fingerprint density at radius 1 is 1.33 bits per heavy atom. The number of aliphatic hydroxyl groups excluding tert-OH is 1. The first-order valence-electron chi connectivity index (χ1n) is 4.73. The van der Waals surface area contributed by atoms with Gasteiger partial charge in [-0.3, -0.25) is 0 Å². The Morgan fingerprint density at radius 2 is 1.80 bits per heavy atom. The third-order valence-corrected chi connectivity index (χ3v) is 2.13. The summed E-state index contributed by atoms with van der Waals surface area (Å²) in [5, 5.41) is 32.0. The van der Waals surface area contributed by atoms with Crippen LogP contribution in [0.15, 0.2) is 24.5 Å². The zero-order valence-corrected chi connectivity index (χ0v) is 9.10. The van der Waals surface area contributed by atoms with E-state index in [9.17, 15) is 15.5 Å². The second kappa shape index (κ2) is 4.14. The molecule has 5 nitrogen and oxygen atoms in total. The number of hydrogen-bond donors (Lipinski definition) is 2. The van der Waals surface area contributed by atoms with Crippen molar-refractivity contribution in [3.8, 4) is 0 Å². The molecule has 0 aliphatic carbocycles. The minimum absolute atomic E-state index is 0.258. The first-order chi connectivity index (χ1) is 6.82. The van der Waals surface area contributed by atoms with E-state index in [1.807, 2.05) is 0 Å². The molecule has 1 rings (SSSR count). The SMILES string of the molecule is CC(C)(C)[NH+]([O-])C(O)c1cc[n+]([O-])cc1. The average Bonchev–Trinajstić information content (AvgIpc) is 2.15. The average molecular weight is 212 g/mol. The molecule has 5 heteroatoms. The van der Waals surface area contributed by atoms with E-state index in [0.29, 0.717) is 10.3 Å². The van der Waals surface area contributed by atoms with Crippen molar-refractivity contribution < 1.29 is 14.9 Å². The standard InChI is InChI=1S/C10H16N2O3/c1-10(2,3)12(15)9(13)8-4-6-11(14)7-5-8/h4-7,9,12-13H,1-3H3. The fourth-order valence-electron chi connectivity index (χ4n) is 1.17. The van der Waals surface area contributed by atoms with Gasteiger partial charge in [-0.15, -0.1) is 0 Å². The third-order valence-electron chi connectivity index (χ3n) is 2.13. The third kappa shape index (κ3) is 2.89. The number of nitrogens with one attached hydrogen (secondary N) is 1. The lowest BCUT2D eigenvalue weighted by Gasteiger charge is -2.38. The van der Waals surface area contributed by atoms with Gasteiger partial charge >= 0.3 is 0 Å². The lowest BCUT2D eigenvalue weighted by Crippen LogP contribution is -3.15. The van der Waals surface area contributed by atoms with E-state index >= 15 is 0 Å². The molecule has 0 fully saturated rings. The van der Waals surface area contributed by atoms with Gasteiger partial charge in [-0.05, 0) is 20.8 Å². The number of aromatic nitrogens is 1. The normalized spacial score (nSPS) is 16.1. The van der Waals surface area contributed by atoms with Crippen molar-refractivity contribution in [2.75, 3.05) is 0 Å². The Morgan fingerprint density at radius 3 is 2.20 bits per heavy atom. The number of hydrogen-bond acceptors (Lipinski definition) is 3. The van der Waals surface area contributed by atoms with E-state index in [1.54, 1.807) is 20.8 Å². The maximum atomic E-state index is 11.7. The topological polar surface area (TPSA) is 74.7 Å². The van der Waals surface area contributed by atoms with Gasteiger partial charge in [-0.1, -0.05) is 0 Å². The van der Waals surface area contributed by atoms with E-state index < -0.39 is 11.8 Å². The Balaban J connectivity index is 2.85. The molecule has 0 saturated carbocycles. The molecular formula is C10H16N2O3. The van der Waals surface area contributed by atoms with Crippen LogP contribution < -0.4 is 9.79 Å². The molecule has 2 N–H and O–H groups in total. The van der Waals surface area contributed by atoms with Gasteiger partial charge in [0, 0.05) is 12.1 Å². The summed E-state index contributed by atoms with van der Waals surface area (Å²) in [7, 11) is 0. The molecule has 0 bridgehead atoms. The van der Waals surface area contributed by atoms with Crippen LogP contribution in [0, 0.1) is 10.4 Å². The summed E-state index contributed by atoms with van der Waals surface area (Å²) >= 11 is 0. The summed E-state index contributed by atoms with van der Waals surface area (Å²) in [5.74, 6) is 0. The highest BCUT2D eigenvalue weighted by Gasteiger charge is 2.26. The summed E-state index contributed by atoms with van der Waals surface area (Å²) in [4.78, 5) is 0. The number of pyridine rings is 1. The highest BCUT2D eigenvalue weighted by atomic mass is 16.5. The first kappa shape index (κ1) is 11.9. The van der Waals surface area contributed by atoms with Crippen LogP contribution >= 0.6 is 0 Å². The molecule has 0 radical (unpaired) electrons. The van der Waals surface area contributed by atoms with Crippen LogP contribution in [0.3, 0.4) is 0 Å². The van der Waals surface area contributed by atoms with Gasteiger partial charge in [-0.2, -0.15) is 4.73 Å². The number of rotatable bonds is 2. The molecule has 1 heterocycles. The van der Waals surface area contributed by atoms with Crippen LogP contribution in [0.1, 0.15) is 32.6 Å². The molecular weight excluding hydrogens is 196 g/mol. The second-order valence-corrected chi connectivity index (χ2v) is 4.51. The van der Waals surface area contributed by atoms with Crippen LogP contribution in [-0.4, -0.2) is 10.6 Å². The smallest absolute Gasteiger partial charge is 0.216 e. The molecule has 2 unspecified atom stereocenters. The minimum Gasteiger partial charge on any atom is -0.632 e.